The zero-order chi connectivity index (χ0) is 19.7. The number of aryl methyl sites for hydroxylation is 1. The summed E-state index contributed by atoms with van der Waals surface area (Å²) in [4.78, 5) is 12.4. The van der Waals surface area contributed by atoms with Crippen LogP contribution in [0, 0.1) is 11.6 Å². The summed E-state index contributed by atoms with van der Waals surface area (Å²) in [5.74, 6) is -2.18. The molecule has 4 aromatic rings. The lowest BCUT2D eigenvalue weighted by molar-refractivity contribution is 0.480. The maximum Gasteiger partial charge on any atom is 0.344 e. The van der Waals surface area contributed by atoms with Gasteiger partial charge >= 0.3 is 5.63 Å². The predicted octanol–water partition coefficient (Wildman–Crippen LogP) is 6.62. The van der Waals surface area contributed by atoms with Crippen molar-refractivity contribution in [3.63, 3.8) is 0 Å². The molecule has 1 heterocycles. The van der Waals surface area contributed by atoms with E-state index in [1.165, 1.54) is 30.9 Å². The van der Waals surface area contributed by atoms with Gasteiger partial charge < -0.3 is 4.42 Å². The van der Waals surface area contributed by atoms with Crippen molar-refractivity contribution < 1.29 is 13.2 Å². The van der Waals surface area contributed by atoms with E-state index < -0.39 is 17.3 Å². The first-order chi connectivity index (χ1) is 13.6. The molecule has 142 valence electrons. The van der Waals surface area contributed by atoms with Crippen molar-refractivity contribution in [2.24, 2.45) is 0 Å². The van der Waals surface area contributed by atoms with Crippen LogP contribution >= 0.6 is 0 Å². The van der Waals surface area contributed by atoms with Crippen molar-refractivity contribution in [2.75, 3.05) is 0 Å². The van der Waals surface area contributed by atoms with Gasteiger partial charge in [0.25, 0.3) is 0 Å². The van der Waals surface area contributed by atoms with Crippen LogP contribution in [0.5, 0.6) is 0 Å². The molecule has 0 aliphatic heterocycles. The third-order valence-corrected chi connectivity index (χ3v) is 5.13. The van der Waals surface area contributed by atoms with E-state index in [2.05, 4.69) is 19.1 Å². The lowest BCUT2D eigenvalue weighted by Gasteiger charge is -2.08. The second kappa shape index (κ2) is 7.55. The first-order valence-corrected chi connectivity index (χ1v) is 9.52. The summed E-state index contributed by atoms with van der Waals surface area (Å²) >= 11 is 0. The quantitative estimate of drug-likeness (QED) is 0.222. The van der Waals surface area contributed by atoms with Gasteiger partial charge in [0.1, 0.15) is 0 Å². The molecule has 4 rings (SSSR count). The van der Waals surface area contributed by atoms with Gasteiger partial charge in [0, 0.05) is 10.8 Å². The van der Waals surface area contributed by atoms with Crippen molar-refractivity contribution in [1.82, 2.24) is 0 Å². The second-order valence-corrected chi connectivity index (χ2v) is 7.04. The number of unbranched alkanes of at least 4 members (excludes halogenated alkanes) is 2. The van der Waals surface area contributed by atoms with E-state index in [9.17, 15) is 13.6 Å². The Labute approximate surface area is 161 Å². The molecule has 3 aromatic carbocycles. The van der Waals surface area contributed by atoms with Gasteiger partial charge in [-0.15, -0.1) is 0 Å². The maximum absolute atomic E-state index is 14.0. The monoisotopic (exact) mass is 378 g/mol. The summed E-state index contributed by atoms with van der Waals surface area (Å²) in [5.41, 5.74) is 2.14. The minimum atomic E-state index is -1.14. The molecule has 0 aliphatic rings. The highest BCUT2D eigenvalue weighted by Gasteiger charge is 2.15. The molecule has 0 saturated heterocycles. The molecular formula is C24H20F2O2. The van der Waals surface area contributed by atoms with E-state index in [4.69, 9.17) is 4.42 Å². The molecule has 0 unspecified atom stereocenters. The van der Waals surface area contributed by atoms with Crippen LogP contribution < -0.4 is 5.63 Å². The predicted molar refractivity (Wildman–Crippen MR) is 109 cm³/mol. The average molecular weight is 378 g/mol. The Morgan fingerprint density at radius 1 is 0.821 bits per heavy atom. The lowest BCUT2D eigenvalue weighted by atomic mass is 9.98. The van der Waals surface area contributed by atoms with Crippen molar-refractivity contribution in [1.29, 1.82) is 0 Å². The number of hydrogen-bond acceptors (Lipinski definition) is 2. The molecule has 0 saturated carbocycles. The molecule has 28 heavy (non-hydrogen) atoms. The first-order valence-electron chi connectivity index (χ1n) is 9.52. The molecule has 0 bridgehead atoms. The van der Waals surface area contributed by atoms with E-state index in [0.29, 0.717) is 16.2 Å². The van der Waals surface area contributed by atoms with E-state index in [1.54, 1.807) is 12.1 Å². The van der Waals surface area contributed by atoms with Crippen molar-refractivity contribution in [2.45, 2.75) is 32.6 Å². The van der Waals surface area contributed by atoms with Gasteiger partial charge in [0.15, 0.2) is 11.4 Å². The molecule has 0 N–H and O–H groups in total. The van der Waals surface area contributed by atoms with Crippen LogP contribution in [0.4, 0.5) is 8.78 Å². The third kappa shape index (κ3) is 3.31. The van der Waals surface area contributed by atoms with Gasteiger partial charge in [-0.1, -0.05) is 56.2 Å². The molecule has 0 spiro atoms. The van der Waals surface area contributed by atoms with E-state index in [1.807, 2.05) is 18.2 Å². The van der Waals surface area contributed by atoms with Gasteiger partial charge in [-0.3, -0.25) is 0 Å². The lowest BCUT2D eigenvalue weighted by Crippen LogP contribution is -2.02. The van der Waals surface area contributed by atoms with Crippen molar-refractivity contribution in [3.05, 3.63) is 82.2 Å². The number of benzene rings is 3. The Balaban J connectivity index is 1.76. The van der Waals surface area contributed by atoms with Crippen LogP contribution in [0.3, 0.4) is 0 Å². The summed E-state index contributed by atoms with van der Waals surface area (Å²) in [6, 6.07) is 16.2. The van der Waals surface area contributed by atoms with Gasteiger partial charge in [0.05, 0.1) is 5.39 Å². The highest BCUT2D eigenvalue weighted by atomic mass is 19.2. The van der Waals surface area contributed by atoms with Gasteiger partial charge in [-0.2, -0.15) is 4.39 Å². The van der Waals surface area contributed by atoms with Crippen molar-refractivity contribution >= 4 is 21.7 Å². The number of fused-ring (bicyclic) bond motifs is 3. The summed E-state index contributed by atoms with van der Waals surface area (Å²) in [7, 11) is 0. The summed E-state index contributed by atoms with van der Waals surface area (Å²) < 4.78 is 32.5. The van der Waals surface area contributed by atoms with Gasteiger partial charge in [-0.05, 0) is 47.7 Å². The molecule has 0 radical (unpaired) electrons. The van der Waals surface area contributed by atoms with Crippen LogP contribution in [0.15, 0.2) is 63.8 Å². The number of rotatable bonds is 5. The molecule has 0 fully saturated rings. The van der Waals surface area contributed by atoms with Crippen LogP contribution in [-0.2, 0) is 6.42 Å². The topological polar surface area (TPSA) is 30.2 Å². The minimum Gasteiger partial charge on any atom is -0.419 e. The molecule has 1 aromatic heterocycles. The fraction of sp³-hybridized carbons (Fsp3) is 0.208. The zero-order valence-corrected chi connectivity index (χ0v) is 15.6. The van der Waals surface area contributed by atoms with Crippen LogP contribution in [0.2, 0.25) is 0 Å². The molecule has 0 amide bonds. The van der Waals surface area contributed by atoms with E-state index in [-0.39, 0.29) is 5.58 Å². The maximum atomic E-state index is 14.0. The van der Waals surface area contributed by atoms with Crippen LogP contribution in [0.1, 0.15) is 31.7 Å². The Hall–Kier alpha value is -3.01. The standard InChI is InChI=1S/C24H20F2O2/c1-2-3-4-5-15-6-8-16(9-7-15)17-10-11-18-19-12-13-21(25)22(26)23(19)28-24(27)20(18)14-17/h6-14H,2-5H2,1H3. The Morgan fingerprint density at radius 3 is 2.29 bits per heavy atom. The van der Waals surface area contributed by atoms with Gasteiger partial charge in [-0.25, -0.2) is 9.18 Å². The SMILES string of the molecule is CCCCCc1ccc(-c2ccc3c(c2)c(=O)oc2c(F)c(F)ccc23)cc1. The Kier molecular flexibility index (Phi) is 4.95. The number of halogens is 2. The first kappa shape index (κ1) is 18.4. The van der Waals surface area contributed by atoms with Crippen LogP contribution in [0.25, 0.3) is 32.9 Å². The highest BCUT2D eigenvalue weighted by Crippen LogP contribution is 2.29. The summed E-state index contributed by atoms with van der Waals surface area (Å²) in [6.45, 7) is 2.19. The smallest absolute Gasteiger partial charge is 0.344 e. The number of hydrogen-bond donors (Lipinski definition) is 0. The molecule has 0 atom stereocenters. The second-order valence-electron chi connectivity index (χ2n) is 7.04. The van der Waals surface area contributed by atoms with E-state index >= 15 is 0 Å². The molecule has 0 aliphatic carbocycles. The summed E-state index contributed by atoms with van der Waals surface area (Å²) in [6.07, 6.45) is 4.66. The third-order valence-electron chi connectivity index (χ3n) is 5.13. The van der Waals surface area contributed by atoms with Crippen molar-refractivity contribution in [3.8, 4) is 11.1 Å². The molecule has 4 heteroatoms. The largest absolute Gasteiger partial charge is 0.419 e. The summed E-state index contributed by atoms with van der Waals surface area (Å²) in [5, 5.41) is 1.28. The Morgan fingerprint density at radius 2 is 1.54 bits per heavy atom. The Bertz CT molecular complexity index is 1210. The minimum absolute atomic E-state index is 0.346. The molecule has 2 nitrogen and oxygen atoms in total. The van der Waals surface area contributed by atoms with E-state index in [0.717, 1.165) is 23.6 Å². The normalized spacial score (nSPS) is 11.4. The fourth-order valence-electron chi connectivity index (χ4n) is 3.56. The fourth-order valence-corrected chi connectivity index (χ4v) is 3.56. The average Bonchev–Trinajstić information content (AvgIpc) is 2.72. The van der Waals surface area contributed by atoms with Crippen LogP contribution in [-0.4, -0.2) is 0 Å². The molecular weight excluding hydrogens is 358 g/mol. The zero-order valence-electron chi connectivity index (χ0n) is 15.6. The van der Waals surface area contributed by atoms with Gasteiger partial charge in [0.2, 0.25) is 5.82 Å². The highest BCUT2D eigenvalue weighted by molar-refractivity contribution is 6.05.